The van der Waals surface area contributed by atoms with Crippen LogP contribution in [0.4, 0.5) is 5.69 Å². The third-order valence-electron chi connectivity index (χ3n) is 5.90. The van der Waals surface area contributed by atoms with Crippen LogP contribution in [0.1, 0.15) is 34.3 Å². The summed E-state index contributed by atoms with van der Waals surface area (Å²) in [5.74, 6) is 0.721. The molecule has 0 aliphatic carbocycles. The number of likely N-dealkylation sites (tertiary alicyclic amines) is 1. The maximum Gasteiger partial charge on any atom is 0.254 e. The molecule has 5 nitrogen and oxygen atoms in total. The highest BCUT2D eigenvalue weighted by molar-refractivity contribution is 5.96. The molecule has 0 atom stereocenters. The van der Waals surface area contributed by atoms with Crippen molar-refractivity contribution in [1.82, 2.24) is 4.90 Å². The molecular weight excluding hydrogens is 400 g/mol. The number of nitrogens with zero attached hydrogens (tertiary/aromatic N) is 1. The molecule has 3 aromatic rings. The normalized spacial score (nSPS) is 14.1. The molecule has 3 aromatic carbocycles. The number of aryl methyl sites for hydroxylation is 1. The molecule has 1 fully saturated rings. The van der Waals surface area contributed by atoms with Gasteiger partial charge >= 0.3 is 0 Å². The van der Waals surface area contributed by atoms with Gasteiger partial charge in [0.15, 0.2) is 0 Å². The Morgan fingerprint density at radius 3 is 2.25 bits per heavy atom. The van der Waals surface area contributed by atoms with Gasteiger partial charge in [0, 0.05) is 30.3 Å². The third kappa shape index (κ3) is 5.35. The summed E-state index contributed by atoms with van der Waals surface area (Å²) in [7, 11) is 0. The van der Waals surface area contributed by atoms with E-state index in [0.29, 0.717) is 32.5 Å². The fourth-order valence-electron chi connectivity index (χ4n) is 3.95. The van der Waals surface area contributed by atoms with Crippen LogP contribution in [0.5, 0.6) is 5.75 Å². The molecule has 0 bridgehead atoms. The second-order valence-electron chi connectivity index (χ2n) is 8.17. The summed E-state index contributed by atoms with van der Waals surface area (Å²) in [6.45, 7) is 3.65. The SMILES string of the molecule is Cc1ccccc1C(=O)N1CCC(C(=O)Nc2ccc(OCc3ccccc3)cc2)CC1. The van der Waals surface area contributed by atoms with E-state index in [-0.39, 0.29) is 17.7 Å². The summed E-state index contributed by atoms with van der Waals surface area (Å²) in [6, 6.07) is 25.1. The van der Waals surface area contributed by atoms with Gasteiger partial charge in [-0.25, -0.2) is 0 Å². The minimum Gasteiger partial charge on any atom is -0.489 e. The van der Waals surface area contributed by atoms with Gasteiger partial charge in [-0.2, -0.15) is 0 Å². The Labute approximate surface area is 189 Å². The summed E-state index contributed by atoms with van der Waals surface area (Å²) in [5.41, 5.74) is 3.58. The molecule has 164 valence electrons. The van der Waals surface area contributed by atoms with Crippen LogP contribution in [-0.2, 0) is 11.4 Å². The van der Waals surface area contributed by atoms with Crippen LogP contribution in [0.25, 0.3) is 0 Å². The number of anilines is 1. The van der Waals surface area contributed by atoms with Crippen molar-refractivity contribution in [3.63, 3.8) is 0 Å². The van der Waals surface area contributed by atoms with Gasteiger partial charge in [-0.1, -0.05) is 48.5 Å². The summed E-state index contributed by atoms with van der Waals surface area (Å²) in [5, 5.41) is 3.00. The molecule has 0 saturated carbocycles. The fourth-order valence-corrected chi connectivity index (χ4v) is 3.95. The van der Waals surface area contributed by atoms with Crippen LogP contribution in [0.3, 0.4) is 0 Å². The Balaban J connectivity index is 1.26. The molecule has 32 heavy (non-hydrogen) atoms. The fraction of sp³-hybridized carbons (Fsp3) is 0.259. The highest BCUT2D eigenvalue weighted by Gasteiger charge is 2.28. The lowest BCUT2D eigenvalue weighted by atomic mass is 9.95. The Hall–Kier alpha value is -3.60. The van der Waals surface area contributed by atoms with Crippen molar-refractivity contribution in [2.45, 2.75) is 26.4 Å². The molecule has 4 rings (SSSR count). The lowest BCUT2D eigenvalue weighted by molar-refractivity contribution is -0.121. The number of hydrogen-bond donors (Lipinski definition) is 1. The Morgan fingerprint density at radius 1 is 0.906 bits per heavy atom. The number of benzene rings is 3. The van der Waals surface area contributed by atoms with Crippen LogP contribution in [0, 0.1) is 12.8 Å². The Kier molecular flexibility index (Phi) is 6.85. The van der Waals surface area contributed by atoms with Crippen molar-refractivity contribution in [2.24, 2.45) is 5.92 Å². The van der Waals surface area contributed by atoms with Gasteiger partial charge in [0.05, 0.1) is 0 Å². The molecule has 1 heterocycles. The van der Waals surface area contributed by atoms with Gasteiger partial charge in [0.1, 0.15) is 12.4 Å². The number of carbonyl (C=O) groups is 2. The van der Waals surface area contributed by atoms with E-state index in [0.717, 1.165) is 28.1 Å². The van der Waals surface area contributed by atoms with E-state index < -0.39 is 0 Å². The minimum absolute atomic E-state index is 0.00550. The number of piperidine rings is 1. The number of amides is 2. The first-order valence-electron chi connectivity index (χ1n) is 11.0. The summed E-state index contributed by atoms with van der Waals surface area (Å²) in [4.78, 5) is 27.3. The van der Waals surface area contributed by atoms with Crippen molar-refractivity contribution in [1.29, 1.82) is 0 Å². The monoisotopic (exact) mass is 428 g/mol. The van der Waals surface area contributed by atoms with E-state index in [2.05, 4.69) is 5.32 Å². The summed E-state index contributed by atoms with van der Waals surface area (Å²) < 4.78 is 5.80. The summed E-state index contributed by atoms with van der Waals surface area (Å²) >= 11 is 0. The standard InChI is InChI=1S/C27H28N2O3/c1-20-7-5-6-10-25(20)27(31)29-17-15-22(16-18-29)26(30)28-23-11-13-24(14-12-23)32-19-21-8-3-2-4-9-21/h2-14,22H,15-19H2,1H3,(H,28,30). The first-order valence-corrected chi connectivity index (χ1v) is 11.0. The Morgan fingerprint density at radius 2 is 1.56 bits per heavy atom. The topological polar surface area (TPSA) is 58.6 Å². The van der Waals surface area contributed by atoms with Gasteiger partial charge < -0.3 is 15.0 Å². The maximum atomic E-state index is 12.8. The lowest BCUT2D eigenvalue weighted by Gasteiger charge is -2.31. The van der Waals surface area contributed by atoms with Crippen molar-refractivity contribution in [2.75, 3.05) is 18.4 Å². The van der Waals surface area contributed by atoms with Crippen molar-refractivity contribution in [3.05, 3.63) is 95.6 Å². The lowest BCUT2D eigenvalue weighted by Crippen LogP contribution is -2.41. The van der Waals surface area contributed by atoms with Crippen LogP contribution in [-0.4, -0.2) is 29.8 Å². The second-order valence-corrected chi connectivity index (χ2v) is 8.17. The second kappa shape index (κ2) is 10.1. The van der Waals surface area contributed by atoms with E-state index in [4.69, 9.17) is 4.74 Å². The highest BCUT2D eigenvalue weighted by atomic mass is 16.5. The van der Waals surface area contributed by atoms with E-state index in [1.54, 1.807) is 0 Å². The van der Waals surface area contributed by atoms with Gasteiger partial charge in [-0.05, 0) is 61.2 Å². The van der Waals surface area contributed by atoms with Crippen molar-refractivity contribution >= 4 is 17.5 Å². The molecule has 0 spiro atoms. The first-order chi connectivity index (χ1) is 15.6. The quantitative estimate of drug-likeness (QED) is 0.597. The number of carbonyl (C=O) groups excluding carboxylic acids is 2. The Bertz CT molecular complexity index is 1060. The molecule has 0 radical (unpaired) electrons. The maximum absolute atomic E-state index is 12.8. The number of ether oxygens (including phenoxy) is 1. The van der Waals surface area contributed by atoms with Crippen LogP contribution in [0.15, 0.2) is 78.9 Å². The molecule has 5 heteroatoms. The summed E-state index contributed by atoms with van der Waals surface area (Å²) in [6.07, 6.45) is 1.34. The molecule has 0 unspecified atom stereocenters. The zero-order chi connectivity index (χ0) is 22.3. The zero-order valence-corrected chi connectivity index (χ0v) is 18.3. The predicted octanol–water partition coefficient (Wildman–Crippen LogP) is 5.06. The molecule has 2 amide bonds. The van der Waals surface area contributed by atoms with E-state index >= 15 is 0 Å². The molecule has 1 saturated heterocycles. The first kappa shape index (κ1) is 21.6. The minimum atomic E-state index is -0.0927. The molecule has 1 aliphatic heterocycles. The number of hydrogen-bond acceptors (Lipinski definition) is 3. The van der Waals surface area contributed by atoms with Gasteiger partial charge in [0.25, 0.3) is 5.91 Å². The van der Waals surface area contributed by atoms with Crippen molar-refractivity contribution in [3.8, 4) is 5.75 Å². The number of rotatable bonds is 6. The van der Waals surface area contributed by atoms with Crippen LogP contribution < -0.4 is 10.1 Å². The van der Waals surface area contributed by atoms with E-state index in [1.807, 2.05) is 90.7 Å². The van der Waals surface area contributed by atoms with Gasteiger partial charge in [-0.15, -0.1) is 0 Å². The molecule has 0 aromatic heterocycles. The van der Waals surface area contributed by atoms with Crippen molar-refractivity contribution < 1.29 is 14.3 Å². The third-order valence-corrected chi connectivity index (χ3v) is 5.90. The molecular formula is C27H28N2O3. The molecule has 1 aliphatic rings. The molecule has 1 N–H and O–H groups in total. The predicted molar refractivity (Wildman–Crippen MR) is 126 cm³/mol. The van der Waals surface area contributed by atoms with E-state index in [9.17, 15) is 9.59 Å². The average molecular weight is 429 g/mol. The van der Waals surface area contributed by atoms with Gasteiger partial charge in [0.2, 0.25) is 5.91 Å². The van der Waals surface area contributed by atoms with Crippen LogP contribution in [0.2, 0.25) is 0 Å². The van der Waals surface area contributed by atoms with Crippen LogP contribution >= 0.6 is 0 Å². The van der Waals surface area contributed by atoms with E-state index in [1.165, 1.54) is 0 Å². The smallest absolute Gasteiger partial charge is 0.254 e. The number of nitrogens with one attached hydrogen (secondary N) is 1. The van der Waals surface area contributed by atoms with Gasteiger partial charge in [-0.3, -0.25) is 9.59 Å². The zero-order valence-electron chi connectivity index (χ0n) is 18.3. The largest absolute Gasteiger partial charge is 0.489 e. The average Bonchev–Trinajstić information content (AvgIpc) is 2.84. The highest BCUT2D eigenvalue weighted by Crippen LogP contribution is 2.23.